The van der Waals surface area contributed by atoms with Crippen LogP contribution in [0.4, 0.5) is 10.5 Å². The van der Waals surface area contributed by atoms with Gasteiger partial charge in [-0.3, -0.25) is 0 Å². The van der Waals surface area contributed by atoms with Gasteiger partial charge in [0.2, 0.25) is 0 Å². The third-order valence-electron chi connectivity index (χ3n) is 2.42. The molecule has 19 heavy (non-hydrogen) atoms. The molecule has 1 heterocycles. The number of methoxy groups -OCH3 is 1. The zero-order valence-corrected chi connectivity index (χ0v) is 11.6. The van der Waals surface area contributed by atoms with E-state index in [9.17, 15) is 4.79 Å². The molecule has 0 aliphatic rings. The maximum absolute atomic E-state index is 11.8. The Bertz CT molecular complexity index is 569. The molecule has 0 spiro atoms. The van der Waals surface area contributed by atoms with Gasteiger partial charge in [0.05, 0.1) is 19.3 Å². The van der Waals surface area contributed by atoms with E-state index in [0.29, 0.717) is 18.0 Å². The summed E-state index contributed by atoms with van der Waals surface area (Å²) in [5, 5.41) is 8.33. The number of nitrogens with zero attached hydrogens (tertiary/aromatic N) is 1. The quantitative estimate of drug-likeness (QED) is 0.903. The van der Waals surface area contributed by atoms with Crippen LogP contribution in [-0.4, -0.2) is 18.1 Å². The van der Waals surface area contributed by atoms with Crippen molar-refractivity contribution in [1.29, 1.82) is 0 Å². The third-order valence-corrected chi connectivity index (χ3v) is 3.39. The largest absolute Gasteiger partial charge is 0.495 e. The summed E-state index contributed by atoms with van der Waals surface area (Å²) in [6, 6.07) is 6.98. The number of nitrogens with one attached hydrogen (secondary N) is 2. The van der Waals surface area contributed by atoms with E-state index in [1.54, 1.807) is 19.2 Å². The van der Waals surface area contributed by atoms with Gasteiger partial charge in [0.1, 0.15) is 10.8 Å². The summed E-state index contributed by atoms with van der Waals surface area (Å²) in [6.45, 7) is 2.34. The van der Waals surface area contributed by atoms with Crippen molar-refractivity contribution in [2.45, 2.75) is 13.5 Å². The molecule has 6 heteroatoms. The molecule has 100 valence electrons. The second-order valence-electron chi connectivity index (χ2n) is 3.89. The molecule has 5 nitrogen and oxygen atoms in total. The van der Waals surface area contributed by atoms with Crippen molar-refractivity contribution in [3.63, 3.8) is 0 Å². The van der Waals surface area contributed by atoms with Gasteiger partial charge in [-0.25, -0.2) is 9.78 Å². The lowest BCUT2D eigenvalue weighted by atomic mass is 10.3. The Hall–Kier alpha value is -2.08. The van der Waals surface area contributed by atoms with Crippen molar-refractivity contribution < 1.29 is 9.53 Å². The molecule has 2 aromatic rings. The molecule has 0 aliphatic heterocycles. The van der Waals surface area contributed by atoms with Gasteiger partial charge in [-0.1, -0.05) is 12.1 Å². The molecule has 0 unspecified atom stereocenters. The number of amides is 2. The second-order valence-corrected chi connectivity index (χ2v) is 4.83. The average molecular weight is 277 g/mol. The van der Waals surface area contributed by atoms with Crippen molar-refractivity contribution >= 4 is 23.1 Å². The number of rotatable bonds is 4. The number of ether oxygens (including phenoxy) is 1. The first-order valence-corrected chi connectivity index (χ1v) is 6.66. The van der Waals surface area contributed by atoms with Gasteiger partial charge >= 0.3 is 6.03 Å². The first kappa shape index (κ1) is 13.4. The number of aryl methyl sites for hydroxylation is 1. The number of thiazole rings is 1. The van der Waals surface area contributed by atoms with E-state index in [2.05, 4.69) is 15.6 Å². The standard InChI is InChI=1S/C13H15N3O2S/c1-9-8-19-12(15-9)7-14-13(17)16-10-5-3-4-6-11(10)18-2/h3-6,8H,7H2,1-2H3,(H2,14,16,17). The summed E-state index contributed by atoms with van der Waals surface area (Å²) in [5.74, 6) is 0.628. The van der Waals surface area contributed by atoms with Gasteiger partial charge < -0.3 is 15.4 Å². The number of carbonyl (C=O) groups is 1. The number of carbonyl (C=O) groups excluding carboxylic acids is 1. The van der Waals surface area contributed by atoms with Crippen LogP contribution in [0, 0.1) is 6.92 Å². The molecule has 0 radical (unpaired) electrons. The van der Waals surface area contributed by atoms with E-state index >= 15 is 0 Å². The van der Waals surface area contributed by atoms with Crippen LogP contribution in [0.3, 0.4) is 0 Å². The Morgan fingerprint density at radius 1 is 1.42 bits per heavy atom. The predicted octanol–water partition coefficient (Wildman–Crippen LogP) is 2.78. The highest BCUT2D eigenvalue weighted by atomic mass is 32.1. The topological polar surface area (TPSA) is 63.2 Å². The minimum atomic E-state index is -0.280. The molecule has 0 bridgehead atoms. The monoisotopic (exact) mass is 277 g/mol. The van der Waals surface area contributed by atoms with E-state index in [0.717, 1.165) is 10.7 Å². The molecule has 0 atom stereocenters. The van der Waals surface area contributed by atoms with E-state index in [1.165, 1.54) is 11.3 Å². The average Bonchev–Trinajstić information content (AvgIpc) is 2.83. The van der Waals surface area contributed by atoms with Crippen LogP contribution in [0.5, 0.6) is 5.75 Å². The van der Waals surface area contributed by atoms with Crippen LogP contribution in [0.25, 0.3) is 0 Å². The van der Waals surface area contributed by atoms with Crippen LogP contribution in [0.1, 0.15) is 10.7 Å². The Labute approximate surface area is 115 Å². The number of hydrogen-bond acceptors (Lipinski definition) is 4. The first-order valence-electron chi connectivity index (χ1n) is 5.78. The Balaban J connectivity index is 1.90. The van der Waals surface area contributed by atoms with Crippen molar-refractivity contribution in [2.24, 2.45) is 0 Å². The van der Waals surface area contributed by atoms with Crippen molar-refractivity contribution in [1.82, 2.24) is 10.3 Å². The van der Waals surface area contributed by atoms with E-state index in [1.807, 2.05) is 24.4 Å². The van der Waals surface area contributed by atoms with Gasteiger partial charge in [-0.2, -0.15) is 0 Å². The molecule has 0 saturated heterocycles. The van der Waals surface area contributed by atoms with Gasteiger partial charge in [0.25, 0.3) is 0 Å². The maximum atomic E-state index is 11.8. The highest BCUT2D eigenvalue weighted by Crippen LogP contribution is 2.22. The van der Waals surface area contributed by atoms with Gasteiger partial charge in [-0.05, 0) is 19.1 Å². The molecule has 0 aliphatic carbocycles. The van der Waals surface area contributed by atoms with Crippen molar-refractivity contribution in [3.05, 3.63) is 40.3 Å². The van der Waals surface area contributed by atoms with Crippen LogP contribution >= 0.6 is 11.3 Å². The SMILES string of the molecule is COc1ccccc1NC(=O)NCc1nc(C)cs1. The lowest BCUT2D eigenvalue weighted by Crippen LogP contribution is -2.28. The van der Waals surface area contributed by atoms with Crippen LogP contribution in [0.15, 0.2) is 29.6 Å². The summed E-state index contributed by atoms with van der Waals surface area (Å²) < 4.78 is 5.16. The van der Waals surface area contributed by atoms with Gasteiger partial charge in [0.15, 0.2) is 0 Å². The van der Waals surface area contributed by atoms with E-state index in [4.69, 9.17) is 4.74 Å². The number of anilines is 1. The molecule has 0 saturated carbocycles. The van der Waals surface area contributed by atoms with Crippen molar-refractivity contribution in [3.8, 4) is 5.75 Å². The Kier molecular flexibility index (Phi) is 4.35. The molecule has 2 rings (SSSR count). The summed E-state index contributed by atoms with van der Waals surface area (Å²) in [6.07, 6.45) is 0. The van der Waals surface area contributed by atoms with Crippen molar-refractivity contribution in [2.75, 3.05) is 12.4 Å². The predicted molar refractivity (Wildman–Crippen MR) is 75.7 cm³/mol. The fourth-order valence-electron chi connectivity index (χ4n) is 1.55. The lowest BCUT2D eigenvalue weighted by Gasteiger charge is -2.10. The van der Waals surface area contributed by atoms with Crippen LogP contribution in [0.2, 0.25) is 0 Å². The van der Waals surface area contributed by atoms with E-state index < -0.39 is 0 Å². The highest BCUT2D eigenvalue weighted by Gasteiger charge is 2.07. The number of urea groups is 1. The summed E-state index contributed by atoms with van der Waals surface area (Å²) in [5.41, 5.74) is 1.60. The summed E-state index contributed by atoms with van der Waals surface area (Å²) >= 11 is 1.53. The third kappa shape index (κ3) is 3.69. The first-order chi connectivity index (χ1) is 9.19. The van der Waals surface area contributed by atoms with Crippen LogP contribution < -0.4 is 15.4 Å². The number of para-hydroxylation sites is 2. The molecule has 2 amide bonds. The zero-order valence-electron chi connectivity index (χ0n) is 10.8. The number of benzene rings is 1. The molecule has 1 aromatic heterocycles. The maximum Gasteiger partial charge on any atom is 0.319 e. The highest BCUT2D eigenvalue weighted by molar-refractivity contribution is 7.09. The number of aromatic nitrogens is 1. The number of hydrogen-bond donors (Lipinski definition) is 2. The summed E-state index contributed by atoms with van der Waals surface area (Å²) in [4.78, 5) is 16.0. The molecule has 1 aromatic carbocycles. The second kappa shape index (κ2) is 6.19. The minimum absolute atomic E-state index is 0.280. The molecular formula is C13H15N3O2S. The summed E-state index contributed by atoms with van der Waals surface area (Å²) in [7, 11) is 1.57. The molecule has 0 fully saturated rings. The van der Waals surface area contributed by atoms with Gasteiger partial charge in [0, 0.05) is 11.1 Å². The fraction of sp³-hybridized carbons (Fsp3) is 0.231. The lowest BCUT2D eigenvalue weighted by molar-refractivity contribution is 0.251. The van der Waals surface area contributed by atoms with Crippen LogP contribution in [-0.2, 0) is 6.54 Å². The fourth-order valence-corrected chi connectivity index (χ4v) is 2.27. The smallest absolute Gasteiger partial charge is 0.319 e. The minimum Gasteiger partial charge on any atom is -0.495 e. The molecule has 2 N–H and O–H groups in total. The normalized spacial score (nSPS) is 10.0. The van der Waals surface area contributed by atoms with Gasteiger partial charge in [-0.15, -0.1) is 11.3 Å². The molecular weight excluding hydrogens is 262 g/mol. The van der Waals surface area contributed by atoms with E-state index in [-0.39, 0.29) is 6.03 Å². The Morgan fingerprint density at radius 2 is 2.21 bits per heavy atom. The zero-order chi connectivity index (χ0) is 13.7. The Morgan fingerprint density at radius 3 is 2.89 bits per heavy atom.